The molecule has 1 aliphatic rings. The van der Waals surface area contributed by atoms with Crippen molar-refractivity contribution in [2.45, 2.75) is 25.6 Å². The van der Waals surface area contributed by atoms with Gasteiger partial charge in [-0.3, -0.25) is 0 Å². The largest absolute Gasteiger partial charge is 0.435 e. The van der Waals surface area contributed by atoms with Crippen LogP contribution in [0.5, 0.6) is 5.75 Å². The standard InChI is InChI=1S/C22H19F6N5O/c23-17-5-6-19(33-9-7-15(8-10-33)22(26,27)28)31-20(17)30-18-11-14(12-29-32-18)13-1-3-16(4-2-13)34-21(24)25/h1-6,11-12,15,21H,7-10H2,(H,30,31,32). The maximum Gasteiger partial charge on any atom is 0.391 e. The van der Waals surface area contributed by atoms with Crippen LogP contribution >= 0.6 is 0 Å². The van der Waals surface area contributed by atoms with Crippen LogP contribution in [0.4, 0.5) is 43.8 Å². The van der Waals surface area contributed by atoms with Crippen molar-refractivity contribution in [3.8, 4) is 16.9 Å². The number of halogens is 6. The second-order valence-corrected chi connectivity index (χ2v) is 7.66. The van der Waals surface area contributed by atoms with Gasteiger partial charge in [0.05, 0.1) is 12.1 Å². The number of nitrogens with zero attached hydrogens (tertiary/aromatic N) is 4. The third kappa shape index (κ3) is 5.67. The number of aromatic nitrogens is 3. The number of hydrogen-bond acceptors (Lipinski definition) is 6. The Morgan fingerprint density at radius 3 is 2.35 bits per heavy atom. The third-order valence-electron chi connectivity index (χ3n) is 5.43. The van der Waals surface area contributed by atoms with Gasteiger partial charge < -0.3 is 15.0 Å². The van der Waals surface area contributed by atoms with E-state index in [0.717, 1.165) is 0 Å². The van der Waals surface area contributed by atoms with E-state index in [4.69, 9.17) is 0 Å². The Balaban J connectivity index is 1.48. The molecule has 1 N–H and O–H groups in total. The maximum atomic E-state index is 14.4. The summed E-state index contributed by atoms with van der Waals surface area (Å²) in [7, 11) is 0. The molecule has 0 unspecified atom stereocenters. The van der Waals surface area contributed by atoms with Crippen LogP contribution < -0.4 is 15.0 Å². The molecular weight excluding hydrogens is 464 g/mol. The Bertz CT molecular complexity index is 1120. The fourth-order valence-electron chi connectivity index (χ4n) is 3.67. The van der Waals surface area contributed by atoms with Crippen molar-refractivity contribution in [3.05, 3.63) is 54.5 Å². The van der Waals surface area contributed by atoms with Gasteiger partial charge in [0.2, 0.25) is 0 Å². The highest BCUT2D eigenvalue weighted by atomic mass is 19.4. The summed E-state index contributed by atoms with van der Waals surface area (Å²) in [6.45, 7) is -2.62. The van der Waals surface area contributed by atoms with Crippen LogP contribution in [0.3, 0.4) is 0 Å². The van der Waals surface area contributed by atoms with E-state index >= 15 is 0 Å². The third-order valence-corrected chi connectivity index (χ3v) is 5.43. The van der Waals surface area contributed by atoms with E-state index in [9.17, 15) is 26.3 Å². The first-order chi connectivity index (χ1) is 16.2. The van der Waals surface area contributed by atoms with Crippen LogP contribution in [0.2, 0.25) is 0 Å². The summed E-state index contributed by atoms with van der Waals surface area (Å²) in [5.41, 5.74) is 1.21. The summed E-state index contributed by atoms with van der Waals surface area (Å²) >= 11 is 0. The van der Waals surface area contributed by atoms with E-state index < -0.39 is 24.5 Å². The topological polar surface area (TPSA) is 63.2 Å². The van der Waals surface area contributed by atoms with Gasteiger partial charge in [-0.15, -0.1) is 5.10 Å². The maximum absolute atomic E-state index is 14.4. The molecule has 1 aliphatic heterocycles. The second-order valence-electron chi connectivity index (χ2n) is 7.66. The molecule has 1 fully saturated rings. The lowest BCUT2D eigenvalue weighted by Gasteiger charge is -2.33. The normalized spacial score (nSPS) is 15.0. The predicted molar refractivity (Wildman–Crippen MR) is 113 cm³/mol. The van der Waals surface area contributed by atoms with Crippen molar-refractivity contribution in [1.29, 1.82) is 0 Å². The number of ether oxygens (including phenoxy) is 1. The molecule has 0 saturated carbocycles. The fraction of sp³-hybridized carbons (Fsp3) is 0.318. The smallest absolute Gasteiger partial charge is 0.391 e. The minimum Gasteiger partial charge on any atom is -0.435 e. The first-order valence-corrected chi connectivity index (χ1v) is 10.3. The van der Waals surface area contributed by atoms with Gasteiger partial charge in [-0.25, -0.2) is 9.37 Å². The van der Waals surface area contributed by atoms with E-state index in [-0.39, 0.29) is 43.3 Å². The average molecular weight is 483 g/mol. The Morgan fingerprint density at radius 1 is 1.00 bits per heavy atom. The number of anilines is 3. The van der Waals surface area contributed by atoms with E-state index in [1.54, 1.807) is 23.1 Å². The molecule has 0 atom stereocenters. The number of piperidine rings is 1. The highest BCUT2D eigenvalue weighted by Gasteiger charge is 2.41. The first kappa shape index (κ1) is 23.6. The van der Waals surface area contributed by atoms with Gasteiger partial charge in [-0.05, 0) is 48.7 Å². The molecule has 0 bridgehead atoms. The molecule has 3 aromatic rings. The molecule has 0 radical (unpaired) electrons. The Kier molecular flexibility index (Phi) is 6.75. The Labute approximate surface area is 190 Å². The molecule has 2 aromatic heterocycles. The van der Waals surface area contributed by atoms with E-state index in [0.29, 0.717) is 16.9 Å². The molecule has 1 saturated heterocycles. The minimum atomic E-state index is -4.23. The van der Waals surface area contributed by atoms with Crippen LogP contribution in [0.1, 0.15) is 12.8 Å². The van der Waals surface area contributed by atoms with Gasteiger partial charge in [-0.1, -0.05) is 12.1 Å². The Hall–Kier alpha value is -3.57. The number of benzene rings is 1. The number of alkyl halides is 5. The van der Waals surface area contributed by atoms with Crippen molar-refractivity contribution in [1.82, 2.24) is 15.2 Å². The number of nitrogens with one attached hydrogen (secondary N) is 1. The van der Waals surface area contributed by atoms with Gasteiger partial charge in [0.25, 0.3) is 0 Å². The quantitative estimate of drug-likeness (QED) is 0.447. The summed E-state index contributed by atoms with van der Waals surface area (Å²) in [5.74, 6) is -1.65. The zero-order valence-electron chi connectivity index (χ0n) is 17.6. The van der Waals surface area contributed by atoms with Gasteiger partial charge in [-0.2, -0.15) is 27.1 Å². The van der Waals surface area contributed by atoms with Crippen molar-refractivity contribution in [3.63, 3.8) is 0 Å². The fourth-order valence-corrected chi connectivity index (χ4v) is 3.67. The van der Waals surface area contributed by atoms with Crippen LogP contribution in [-0.4, -0.2) is 41.1 Å². The summed E-state index contributed by atoms with van der Waals surface area (Å²) < 4.78 is 82.1. The molecule has 180 valence electrons. The lowest BCUT2D eigenvalue weighted by atomic mass is 9.96. The van der Waals surface area contributed by atoms with Crippen molar-refractivity contribution in [2.24, 2.45) is 5.92 Å². The lowest BCUT2D eigenvalue weighted by Crippen LogP contribution is -2.39. The van der Waals surface area contributed by atoms with E-state index in [2.05, 4.69) is 25.2 Å². The monoisotopic (exact) mass is 483 g/mol. The van der Waals surface area contributed by atoms with Gasteiger partial charge in [0, 0.05) is 18.7 Å². The van der Waals surface area contributed by atoms with Crippen LogP contribution in [0.25, 0.3) is 11.1 Å². The van der Waals surface area contributed by atoms with Crippen molar-refractivity contribution < 1.29 is 31.1 Å². The molecule has 0 amide bonds. The van der Waals surface area contributed by atoms with Crippen LogP contribution in [-0.2, 0) is 0 Å². The molecular formula is C22H19F6N5O. The molecule has 6 nitrogen and oxygen atoms in total. The molecule has 0 aliphatic carbocycles. The molecule has 0 spiro atoms. The highest BCUT2D eigenvalue weighted by Crippen LogP contribution is 2.35. The van der Waals surface area contributed by atoms with E-state index in [1.165, 1.54) is 30.5 Å². The average Bonchev–Trinajstić information content (AvgIpc) is 2.80. The summed E-state index contributed by atoms with van der Waals surface area (Å²) in [6.07, 6.45) is -2.89. The van der Waals surface area contributed by atoms with Gasteiger partial charge in [0.1, 0.15) is 11.6 Å². The van der Waals surface area contributed by atoms with Gasteiger partial charge >= 0.3 is 12.8 Å². The zero-order valence-corrected chi connectivity index (χ0v) is 17.6. The first-order valence-electron chi connectivity index (χ1n) is 10.3. The lowest BCUT2D eigenvalue weighted by molar-refractivity contribution is -0.179. The predicted octanol–water partition coefficient (Wildman–Crippen LogP) is 5.80. The number of pyridine rings is 1. The molecule has 12 heteroatoms. The summed E-state index contributed by atoms with van der Waals surface area (Å²) in [4.78, 5) is 5.90. The SMILES string of the molecule is Fc1ccc(N2CCC(C(F)(F)F)CC2)nc1Nc1cc(-c2ccc(OC(F)F)cc2)cnn1. The molecule has 34 heavy (non-hydrogen) atoms. The van der Waals surface area contributed by atoms with E-state index in [1.807, 2.05) is 0 Å². The summed E-state index contributed by atoms with van der Waals surface area (Å²) in [6, 6.07) is 10.0. The molecule has 1 aromatic carbocycles. The van der Waals surface area contributed by atoms with Gasteiger partial charge in [0.15, 0.2) is 17.5 Å². The number of rotatable bonds is 6. The second kappa shape index (κ2) is 9.74. The number of hydrogen-bond donors (Lipinski definition) is 1. The van der Waals surface area contributed by atoms with Crippen molar-refractivity contribution in [2.75, 3.05) is 23.3 Å². The molecule has 4 rings (SSSR count). The van der Waals surface area contributed by atoms with Crippen LogP contribution in [0, 0.1) is 11.7 Å². The summed E-state index contributed by atoms with van der Waals surface area (Å²) in [5, 5.41) is 10.5. The zero-order chi connectivity index (χ0) is 24.3. The van der Waals surface area contributed by atoms with Crippen LogP contribution in [0.15, 0.2) is 48.7 Å². The molecule has 3 heterocycles. The Morgan fingerprint density at radius 2 is 1.71 bits per heavy atom. The minimum absolute atomic E-state index is 0.00136. The van der Waals surface area contributed by atoms with Crippen molar-refractivity contribution >= 4 is 17.5 Å². The highest BCUT2D eigenvalue weighted by molar-refractivity contribution is 5.67.